The van der Waals surface area contributed by atoms with Gasteiger partial charge in [-0.3, -0.25) is 9.67 Å². The van der Waals surface area contributed by atoms with Crippen LogP contribution in [0.2, 0.25) is 0 Å². The lowest BCUT2D eigenvalue weighted by atomic mass is 10.1. The zero-order valence-corrected chi connectivity index (χ0v) is 11.4. The largest absolute Gasteiger partial charge is 0.361 e. The van der Waals surface area contributed by atoms with Gasteiger partial charge in [0.25, 0.3) is 0 Å². The summed E-state index contributed by atoms with van der Waals surface area (Å²) in [6, 6.07) is 0.565. The Morgan fingerprint density at radius 3 is 3.12 bits per heavy atom. The van der Waals surface area contributed by atoms with Crippen molar-refractivity contribution in [2.24, 2.45) is 18.0 Å². The first kappa shape index (κ1) is 12.4. The number of nitrogens with one attached hydrogen (secondary N) is 1. The van der Waals surface area contributed by atoms with Crippen LogP contribution in [0.4, 0.5) is 0 Å². The molecule has 0 aliphatic carbocycles. The van der Waals surface area contributed by atoms with E-state index in [1.54, 1.807) is 22.8 Å². The molecule has 0 aromatic carbocycles. The average molecular weight is 253 g/mol. The third-order valence-electron chi connectivity index (χ3n) is 2.52. The van der Waals surface area contributed by atoms with E-state index in [0.717, 1.165) is 22.7 Å². The Bertz CT molecular complexity index is 398. The molecule has 17 heavy (non-hydrogen) atoms. The number of aromatic nitrogens is 3. The van der Waals surface area contributed by atoms with E-state index in [-0.39, 0.29) is 0 Å². The first-order valence-electron chi connectivity index (χ1n) is 5.92. The summed E-state index contributed by atoms with van der Waals surface area (Å²) in [5.74, 6) is 2.62. The first-order valence-corrected chi connectivity index (χ1v) is 6.90. The van der Waals surface area contributed by atoms with Gasteiger partial charge in [-0.05, 0) is 12.3 Å². The van der Waals surface area contributed by atoms with Crippen molar-refractivity contribution in [1.82, 2.24) is 20.1 Å². The van der Waals surface area contributed by atoms with E-state index in [1.165, 1.54) is 6.42 Å². The van der Waals surface area contributed by atoms with Crippen LogP contribution in [0.1, 0.15) is 26.1 Å². The van der Waals surface area contributed by atoms with Crippen LogP contribution in [0.25, 0.3) is 0 Å². The lowest BCUT2D eigenvalue weighted by molar-refractivity contribution is 0.502. The predicted octanol–water partition coefficient (Wildman–Crippen LogP) is 1.42. The van der Waals surface area contributed by atoms with Crippen LogP contribution >= 0.6 is 11.8 Å². The Labute approximate surface area is 106 Å². The topological polar surface area (TPSA) is 55.1 Å². The molecule has 1 unspecified atom stereocenters. The molecule has 1 fully saturated rings. The van der Waals surface area contributed by atoms with Gasteiger partial charge < -0.3 is 5.32 Å². The molecule has 0 spiro atoms. The molecule has 2 heterocycles. The number of aryl methyl sites for hydroxylation is 1. The van der Waals surface area contributed by atoms with Crippen LogP contribution < -0.4 is 5.32 Å². The van der Waals surface area contributed by atoms with Gasteiger partial charge in [-0.2, -0.15) is 5.10 Å². The standard InChI is InChI=1S/C11H19N5S/c1-8(2)4-9-6-17-11(14-9)12-5-10-13-7-16(3)15-10/h7-9H,4-6H2,1-3H3,(H,12,14). The molecule has 5 nitrogen and oxygen atoms in total. The molecule has 0 saturated carbocycles. The van der Waals surface area contributed by atoms with Crippen molar-refractivity contribution in [2.75, 3.05) is 5.75 Å². The normalized spacial score (nSPS) is 22.4. The Balaban J connectivity index is 1.83. The van der Waals surface area contributed by atoms with E-state index in [1.807, 2.05) is 7.05 Å². The maximum Gasteiger partial charge on any atom is 0.172 e. The van der Waals surface area contributed by atoms with E-state index in [0.29, 0.717) is 12.6 Å². The van der Waals surface area contributed by atoms with Gasteiger partial charge in [0.15, 0.2) is 11.0 Å². The second-order valence-electron chi connectivity index (χ2n) is 4.74. The van der Waals surface area contributed by atoms with Crippen LogP contribution in [0.15, 0.2) is 11.3 Å². The fraction of sp³-hybridized carbons (Fsp3) is 0.727. The van der Waals surface area contributed by atoms with Crippen LogP contribution in [-0.2, 0) is 13.6 Å². The van der Waals surface area contributed by atoms with Crippen molar-refractivity contribution in [1.29, 1.82) is 0 Å². The maximum absolute atomic E-state index is 4.49. The van der Waals surface area contributed by atoms with Gasteiger partial charge in [0, 0.05) is 18.8 Å². The van der Waals surface area contributed by atoms with Crippen molar-refractivity contribution < 1.29 is 0 Å². The van der Waals surface area contributed by atoms with Crippen LogP contribution in [-0.4, -0.2) is 31.7 Å². The third-order valence-corrected chi connectivity index (χ3v) is 3.61. The van der Waals surface area contributed by atoms with Gasteiger partial charge in [-0.1, -0.05) is 25.6 Å². The van der Waals surface area contributed by atoms with Crippen molar-refractivity contribution in [3.05, 3.63) is 12.2 Å². The summed E-state index contributed by atoms with van der Waals surface area (Å²) < 4.78 is 1.70. The minimum absolute atomic E-state index is 0.560. The van der Waals surface area contributed by atoms with Gasteiger partial charge in [0.2, 0.25) is 0 Å². The number of hydrogen-bond acceptors (Lipinski definition) is 4. The molecular weight excluding hydrogens is 234 g/mol. The Morgan fingerprint density at radius 1 is 1.65 bits per heavy atom. The molecule has 1 N–H and O–H groups in total. The highest BCUT2D eigenvalue weighted by atomic mass is 32.2. The van der Waals surface area contributed by atoms with Gasteiger partial charge in [0.1, 0.15) is 12.9 Å². The second-order valence-corrected chi connectivity index (χ2v) is 5.75. The van der Waals surface area contributed by atoms with E-state index < -0.39 is 0 Å². The molecule has 1 saturated heterocycles. The monoisotopic (exact) mass is 253 g/mol. The number of nitrogens with zero attached hydrogens (tertiary/aromatic N) is 4. The Morgan fingerprint density at radius 2 is 2.47 bits per heavy atom. The lowest BCUT2D eigenvalue weighted by Crippen LogP contribution is -2.28. The number of thioether (sulfide) groups is 1. The number of aliphatic imine (C=N–C) groups is 1. The highest BCUT2D eigenvalue weighted by molar-refractivity contribution is 8.14. The minimum atomic E-state index is 0.560. The number of rotatable bonds is 4. The number of hydrogen-bond donors (Lipinski definition) is 1. The Hall–Kier alpha value is -1.04. The van der Waals surface area contributed by atoms with E-state index >= 15 is 0 Å². The highest BCUT2D eigenvalue weighted by Gasteiger charge is 2.20. The summed E-state index contributed by atoms with van der Waals surface area (Å²) in [5.41, 5.74) is 0. The fourth-order valence-corrected chi connectivity index (χ4v) is 2.81. The molecule has 2 rings (SSSR count). The van der Waals surface area contributed by atoms with Gasteiger partial charge in [-0.15, -0.1) is 0 Å². The predicted molar refractivity (Wildman–Crippen MR) is 71.0 cm³/mol. The van der Waals surface area contributed by atoms with Gasteiger partial charge in [-0.25, -0.2) is 4.98 Å². The average Bonchev–Trinajstić information content (AvgIpc) is 2.84. The third kappa shape index (κ3) is 3.73. The van der Waals surface area contributed by atoms with E-state index in [9.17, 15) is 0 Å². The second kappa shape index (κ2) is 5.53. The summed E-state index contributed by atoms with van der Waals surface area (Å²) in [4.78, 5) is 8.65. The smallest absolute Gasteiger partial charge is 0.172 e. The molecule has 94 valence electrons. The van der Waals surface area contributed by atoms with E-state index in [4.69, 9.17) is 0 Å². The SMILES string of the molecule is CC(C)CC1CSC(=NCc2ncn(C)n2)N1. The van der Waals surface area contributed by atoms with Crippen molar-refractivity contribution in [3.63, 3.8) is 0 Å². The summed E-state index contributed by atoms with van der Waals surface area (Å²) in [5, 5.41) is 8.68. The Kier molecular flexibility index (Phi) is 4.04. The molecule has 1 aliphatic rings. The molecule has 0 radical (unpaired) electrons. The van der Waals surface area contributed by atoms with Crippen LogP contribution in [0, 0.1) is 5.92 Å². The first-order chi connectivity index (χ1) is 8.13. The summed E-state index contributed by atoms with van der Waals surface area (Å²) in [6.45, 7) is 5.06. The van der Waals surface area contributed by atoms with Crippen molar-refractivity contribution in [2.45, 2.75) is 32.9 Å². The van der Waals surface area contributed by atoms with Crippen molar-refractivity contribution >= 4 is 16.9 Å². The molecule has 0 bridgehead atoms. The molecule has 6 heteroatoms. The van der Waals surface area contributed by atoms with Gasteiger partial charge in [0.05, 0.1) is 0 Å². The molecular formula is C11H19N5S. The van der Waals surface area contributed by atoms with Crippen LogP contribution in [0.5, 0.6) is 0 Å². The molecule has 0 amide bonds. The quantitative estimate of drug-likeness (QED) is 0.882. The summed E-state index contributed by atoms with van der Waals surface area (Å²) in [6.07, 6.45) is 2.90. The van der Waals surface area contributed by atoms with Crippen molar-refractivity contribution in [3.8, 4) is 0 Å². The molecule has 1 atom stereocenters. The van der Waals surface area contributed by atoms with Gasteiger partial charge >= 0.3 is 0 Å². The molecule has 1 aliphatic heterocycles. The summed E-state index contributed by atoms with van der Waals surface area (Å²) in [7, 11) is 1.87. The molecule has 1 aromatic rings. The fourth-order valence-electron chi connectivity index (χ4n) is 1.82. The molecule has 1 aromatic heterocycles. The minimum Gasteiger partial charge on any atom is -0.361 e. The zero-order chi connectivity index (χ0) is 12.3. The zero-order valence-electron chi connectivity index (χ0n) is 10.6. The number of amidine groups is 1. The maximum atomic E-state index is 4.49. The lowest BCUT2D eigenvalue weighted by Gasteiger charge is -2.11. The van der Waals surface area contributed by atoms with Crippen LogP contribution in [0.3, 0.4) is 0 Å². The highest BCUT2D eigenvalue weighted by Crippen LogP contribution is 2.19. The summed E-state index contributed by atoms with van der Waals surface area (Å²) >= 11 is 1.80. The van der Waals surface area contributed by atoms with E-state index in [2.05, 4.69) is 34.2 Å².